The van der Waals surface area contributed by atoms with Gasteiger partial charge in [0.25, 0.3) is 0 Å². The number of nitrogens with one attached hydrogen (secondary N) is 1. The van der Waals surface area contributed by atoms with Gasteiger partial charge in [-0.15, -0.1) is 0 Å². The Kier molecular flexibility index (Phi) is 10.3. The minimum absolute atomic E-state index is 0.637. The Balaban J connectivity index is 3.55. The van der Waals surface area contributed by atoms with Gasteiger partial charge >= 0.3 is 0 Å². The highest BCUT2D eigenvalue weighted by Crippen LogP contribution is 1.96. The summed E-state index contributed by atoms with van der Waals surface area (Å²) in [6, 6.07) is 0.637. The standard InChI is InChI=1S/C12H28N2O/c1-5-8-13-12(6-2)11-14(3)9-7-10-15-4/h12-13H,5-11H2,1-4H3. The van der Waals surface area contributed by atoms with Gasteiger partial charge in [0, 0.05) is 32.8 Å². The summed E-state index contributed by atoms with van der Waals surface area (Å²) in [6.07, 6.45) is 3.54. The fourth-order valence-electron chi connectivity index (χ4n) is 1.63. The van der Waals surface area contributed by atoms with E-state index in [1.165, 1.54) is 12.8 Å². The summed E-state index contributed by atoms with van der Waals surface area (Å²) in [7, 11) is 3.95. The van der Waals surface area contributed by atoms with E-state index in [1.54, 1.807) is 7.11 Å². The van der Waals surface area contributed by atoms with Crippen molar-refractivity contribution in [2.75, 3.05) is 40.4 Å². The molecule has 0 aliphatic rings. The van der Waals surface area contributed by atoms with E-state index < -0.39 is 0 Å². The Labute approximate surface area is 95.2 Å². The maximum Gasteiger partial charge on any atom is 0.0474 e. The highest BCUT2D eigenvalue weighted by atomic mass is 16.5. The Morgan fingerprint density at radius 2 is 2.07 bits per heavy atom. The fraction of sp³-hybridized carbons (Fsp3) is 1.00. The van der Waals surface area contributed by atoms with Crippen LogP contribution in [-0.2, 0) is 4.74 Å². The molecule has 0 rings (SSSR count). The lowest BCUT2D eigenvalue weighted by atomic mass is 10.2. The molecule has 0 aromatic rings. The third-order valence-corrected chi connectivity index (χ3v) is 2.60. The van der Waals surface area contributed by atoms with Gasteiger partial charge in [-0.05, 0) is 32.9 Å². The Hall–Kier alpha value is -0.120. The molecule has 3 nitrogen and oxygen atoms in total. The van der Waals surface area contributed by atoms with Gasteiger partial charge in [-0.25, -0.2) is 0 Å². The number of hydrogen-bond donors (Lipinski definition) is 1. The van der Waals surface area contributed by atoms with Gasteiger partial charge in [-0.2, -0.15) is 0 Å². The van der Waals surface area contributed by atoms with Crippen molar-refractivity contribution in [2.45, 2.75) is 39.2 Å². The quantitative estimate of drug-likeness (QED) is 0.563. The highest BCUT2D eigenvalue weighted by Gasteiger charge is 2.07. The first-order chi connectivity index (χ1) is 7.24. The zero-order chi connectivity index (χ0) is 11.5. The third-order valence-electron chi connectivity index (χ3n) is 2.60. The minimum Gasteiger partial charge on any atom is -0.385 e. The van der Waals surface area contributed by atoms with Crippen molar-refractivity contribution in [3.05, 3.63) is 0 Å². The number of methoxy groups -OCH3 is 1. The van der Waals surface area contributed by atoms with E-state index in [9.17, 15) is 0 Å². The van der Waals surface area contributed by atoms with Gasteiger partial charge in [-0.1, -0.05) is 13.8 Å². The molecule has 0 saturated heterocycles. The molecule has 0 saturated carbocycles. The van der Waals surface area contributed by atoms with Crippen LogP contribution >= 0.6 is 0 Å². The van der Waals surface area contributed by atoms with Gasteiger partial charge in [0.2, 0.25) is 0 Å². The van der Waals surface area contributed by atoms with Crippen LogP contribution in [0.5, 0.6) is 0 Å². The summed E-state index contributed by atoms with van der Waals surface area (Å²) in [4.78, 5) is 2.38. The molecule has 1 atom stereocenters. The maximum atomic E-state index is 5.05. The molecule has 1 unspecified atom stereocenters. The summed E-state index contributed by atoms with van der Waals surface area (Å²) in [5, 5.41) is 3.57. The summed E-state index contributed by atoms with van der Waals surface area (Å²) in [5.41, 5.74) is 0. The largest absolute Gasteiger partial charge is 0.385 e. The molecule has 0 radical (unpaired) electrons. The van der Waals surface area contributed by atoms with Gasteiger partial charge in [0.1, 0.15) is 0 Å². The molecule has 0 bridgehead atoms. The van der Waals surface area contributed by atoms with Crippen LogP contribution in [0.1, 0.15) is 33.1 Å². The molecule has 0 aliphatic carbocycles. The zero-order valence-electron chi connectivity index (χ0n) is 10.9. The van der Waals surface area contributed by atoms with Crippen molar-refractivity contribution < 1.29 is 4.74 Å². The van der Waals surface area contributed by atoms with Crippen molar-refractivity contribution in [3.8, 4) is 0 Å². The van der Waals surface area contributed by atoms with Crippen LogP contribution in [-0.4, -0.2) is 51.3 Å². The van der Waals surface area contributed by atoms with Crippen LogP contribution < -0.4 is 5.32 Å². The second kappa shape index (κ2) is 10.4. The smallest absolute Gasteiger partial charge is 0.0474 e. The molecule has 92 valence electrons. The summed E-state index contributed by atoms with van der Waals surface area (Å²) >= 11 is 0. The van der Waals surface area contributed by atoms with Crippen LogP contribution in [0.2, 0.25) is 0 Å². The van der Waals surface area contributed by atoms with Crippen molar-refractivity contribution in [2.24, 2.45) is 0 Å². The van der Waals surface area contributed by atoms with Crippen LogP contribution in [0.3, 0.4) is 0 Å². The van der Waals surface area contributed by atoms with Crippen molar-refractivity contribution in [3.63, 3.8) is 0 Å². The molecule has 0 fully saturated rings. The number of rotatable bonds is 10. The molecule has 3 heteroatoms. The fourth-order valence-corrected chi connectivity index (χ4v) is 1.63. The molecule has 0 amide bonds. The van der Waals surface area contributed by atoms with Crippen molar-refractivity contribution in [1.82, 2.24) is 10.2 Å². The average Bonchev–Trinajstić information content (AvgIpc) is 2.24. The van der Waals surface area contributed by atoms with Crippen LogP contribution in [0.25, 0.3) is 0 Å². The summed E-state index contributed by atoms with van der Waals surface area (Å²) in [6.45, 7) is 8.71. The number of ether oxygens (including phenoxy) is 1. The molecule has 15 heavy (non-hydrogen) atoms. The van der Waals surface area contributed by atoms with E-state index in [0.29, 0.717) is 6.04 Å². The molecule has 0 heterocycles. The predicted molar refractivity (Wildman–Crippen MR) is 66.4 cm³/mol. The average molecular weight is 216 g/mol. The monoisotopic (exact) mass is 216 g/mol. The van der Waals surface area contributed by atoms with Crippen molar-refractivity contribution in [1.29, 1.82) is 0 Å². The highest BCUT2D eigenvalue weighted by molar-refractivity contribution is 4.68. The van der Waals surface area contributed by atoms with Gasteiger partial charge in [-0.3, -0.25) is 0 Å². The first-order valence-electron chi connectivity index (χ1n) is 6.15. The van der Waals surface area contributed by atoms with Crippen LogP contribution in [0.15, 0.2) is 0 Å². The summed E-state index contributed by atoms with van der Waals surface area (Å²) < 4.78 is 5.05. The van der Waals surface area contributed by atoms with Crippen LogP contribution in [0, 0.1) is 0 Å². The Morgan fingerprint density at radius 1 is 1.33 bits per heavy atom. The Morgan fingerprint density at radius 3 is 2.60 bits per heavy atom. The SMILES string of the molecule is CCCNC(CC)CN(C)CCCOC. The van der Waals surface area contributed by atoms with Gasteiger partial charge in [0.05, 0.1) is 0 Å². The van der Waals surface area contributed by atoms with E-state index >= 15 is 0 Å². The minimum atomic E-state index is 0.637. The molecular formula is C12H28N2O. The first kappa shape index (κ1) is 14.9. The topological polar surface area (TPSA) is 24.5 Å². The molecule has 0 spiro atoms. The van der Waals surface area contributed by atoms with E-state index in [0.717, 1.165) is 32.7 Å². The first-order valence-corrected chi connectivity index (χ1v) is 6.15. The third kappa shape index (κ3) is 8.85. The van der Waals surface area contributed by atoms with Crippen LogP contribution in [0.4, 0.5) is 0 Å². The zero-order valence-corrected chi connectivity index (χ0v) is 10.9. The maximum absolute atomic E-state index is 5.05. The number of nitrogens with zero attached hydrogens (tertiary/aromatic N) is 1. The van der Waals surface area contributed by atoms with Gasteiger partial charge in [0.15, 0.2) is 0 Å². The summed E-state index contributed by atoms with van der Waals surface area (Å²) in [5.74, 6) is 0. The van der Waals surface area contributed by atoms with E-state index in [4.69, 9.17) is 4.74 Å². The van der Waals surface area contributed by atoms with E-state index in [-0.39, 0.29) is 0 Å². The lowest BCUT2D eigenvalue weighted by molar-refractivity contribution is 0.175. The van der Waals surface area contributed by atoms with Crippen molar-refractivity contribution >= 4 is 0 Å². The number of hydrogen-bond acceptors (Lipinski definition) is 3. The van der Waals surface area contributed by atoms with E-state index in [1.807, 2.05) is 0 Å². The second-order valence-corrected chi connectivity index (χ2v) is 4.17. The van der Waals surface area contributed by atoms with Gasteiger partial charge < -0.3 is 15.0 Å². The normalized spacial score (nSPS) is 13.4. The number of likely N-dealkylation sites (N-methyl/N-ethyl adjacent to an activating group) is 1. The molecule has 0 aromatic heterocycles. The Bertz CT molecular complexity index is 131. The molecule has 0 aliphatic heterocycles. The second-order valence-electron chi connectivity index (χ2n) is 4.17. The lowest BCUT2D eigenvalue weighted by Gasteiger charge is -2.24. The van der Waals surface area contributed by atoms with E-state index in [2.05, 4.69) is 31.1 Å². The molecule has 1 N–H and O–H groups in total. The predicted octanol–water partition coefficient (Wildman–Crippen LogP) is 1.73. The molecular weight excluding hydrogens is 188 g/mol. The lowest BCUT2D eigenvalue weighted by Crippen LogP contribution is -2.39. The molecule has 0 aromatic carbocycles.